The Morgan fingerprint density at radius 3 is 2.75 bits per heavy atom. The fourth-order valence-electron chi connectivity index (χ4n) is 2.38. The van der Waals surface area contributed by atoms with Gasteiger partial charge in [-0.1, -0.05) is 13.3 Å². The first-order valence-electron chi connectivity index (χ1n) is 6.40. The second-order valence-corrected chi connectivity index (χ2v) is 6.82. The number of nitrogens with zero attached hydrogens (tertiary/aromatic N) is 2. The number of hydrogen-bond acceptors (Lipinski definition) is 5. The molecule has 110 valence electrons. The Kier molecular flexibility index (Phi) is 3.96. The van der Waals surface area contributed by atoms with E-state index in [1.54, 1.807) is 0 Å². The molecule has 1 aliphatic rings. The molecule has 0 spiro atoms. The zero-order valence-electron chi connectivity index (χ0n) is 11.2. The molecule has 1 aliphatic heterocycles. The highest BCUT2D eigenvalue weighted by atomic mass is 32.2. The third-order valence-corrected chi connectivity index (χ3v) is 5.54. The zero-order valence-corrected chi connectivity index (χ0v) is 12.0. The van der Waals surface area contributed by atoms with Crippen LogP contribution >= 0.6 is 0 Å². The van der Waals surface area contributed by atoms with Gasteiger partial charge in [-0.3, -0.25) is 10.1 Å². The maximum atomic E-state index is 12.5. The fourth-order valence-corrected chi connectivity index (χ4v) is 4.05. The average molecular weight is 299 g/mol. The second-order valence-electron chi connectivity index (χ2n) is 4.91. The molecule has 0 saturated carbocycles. The van der Waals surface area contributed by atoms with E-state index in [1.807, 2.05) is 6.92 Å². The topological polar surface area (TPSA) is 107 Å². The molecule has 8 heteroatoms. The van der Waals surface area contributed by atoms with Gasteiger partial charge in [0.05, 0.1) is 4.92 Å². The largest absolute Gasteiger partial charge is 0.399 e. The summed E-state index contributed by atoms with van der Waals surface area (Å²) in [5.74, 6) is 0.317. The monoisotopic (exact) mass is 299 g/mol. The van der Waals surface area contributed by atoms with Crippen molar-refractivity contribution in [2.24, 2.45) is 5.92 Å². The van der Waals surface area contributed by atoms with E-state index in [0.29, 0.717) is 19.0 Å². The fraction of sp³-hybridized carbons (Fsp3) is 0.500. The lowest BCUT2D eigenvalue weighted by Gasteiger charge is -2.16. The number of rotatable bonds is 4. The summed E-state index contributed by atoms with van der Waals surface area (Å²) in [6.45, 7) is 2.83. The van der Waals surface area contributed by atoms with Gasteiger partial charge in [0.25, 0.3) is 5.69 Å². The lowest BCUT2D eigenvalue weighted by molar-refractivity contribution is -0.387. The predicted molar refractivity (Wildman–Crippen MR) is 74.7 cm³/mol. The van der Waals surface area contributed by atoms with Gasteiger partial charge in [-0.25, -0.2) is 8.42 Å². The number of nitrogen functional groups attached to an aromatic ring is 1. The maximum absolute atomic E-state index is 12.5. The summed E-state index contributed by atoms with van der Waals surface area (Å²) < 4.78 is 26.3. The van der Waals surface area contributed by atoms with Crippen molar-refractivity contribution in [1.82, 2.24) is 4.31 Å². The number of hydrogen-bond donors (Lipinski definition) is 1. The highest BCUT2D eigenvalue weighted by Crippen LogP contribution is 2.32. The minimum Gasteiger partial charge on any atom is -0.399 e. The van der Waals surface area contributed by atoms with Crippen LogP contribution in [0, 0.1) is 16.0 Å². The van der Waals surface area contributed by atoms with Crippen LogP contribution in [-0.4, -0.2) is 30.7 Å². The van der Waals surface area contributed by atoms with Crippen molar-refractivity contribution in [3.63, 3.8) is 0 Å². The van der Waals surface area contributed by atoms with Crippen molar-refractivity contribution >= 4 is 21.4 Å². The van der Waals surface area contributed by atoms with Crippen molar-refractivity contribution in [3.05, 3.63) is 28.3 Å². The Labute approximate surface area is 117 Å². The first kappa shape index (κ1) is 14.7. The molecule has 1 atom stereocenters. The van der Waals surface area contributed by atoms with Crippen LogP contribution in [0.1, 0.15) is 19.8 Å². The molecule has 2 rings (SSSR count). The van der Waals surface area contributed by atoms with Gasteiger partial charge in [0, 0.05) is 24.8 Å². The van der Waals surface area contributed by atoms with Crippen LogP contribution in [0.25, 0.3) is 0 Å². The first-order valence-corrected chi connectivity index (χ1v) is 7.84. The van der Waals surface area contributed by atoms with E-state index in [1.165, 1.54) is 16.4 Å². The molecular weight excluding hydrogens is 282 g/mol. The number of anilines is 1. The molecule has 1 heterocycles. The van der Waals surface area contributed by atoms with Gasteiger partial charge in [-0.2, -0.15) is 4.31 Å². The highest BCUT2D eigenvalue weighted by Gasteiger charge is 2.35. The molecule has 2 N–H and O–H groups in total. The van der Waals surface area contributed by atoms with Crippen LogP contribution in [0.5, 0.6) is 0 Å². The average Bonchev–Trinajstić information content (AvgIpc) is 2.87. The van der Waals surface area contributed by atoms with Gasteiger partial charge in [0.1, 0.15) is 0 Å². The van der Waals surface area contributed by atoms with Crippen molar-refractivity contribution in [2.75, 3.05) is 18.8 Å². The van der Waals surface area contributed by atoms with Gasteiger partial charge in [0.2, 0.25) is 10.0 Å². The highest BCUT2D eigenvalue weighted by molar-refractivity contribution is 7.89. The van der Waals surface area contributed by atoms with Gasteiger partial charge >= 0.3 is 0 Å². The number of sulfonamides is 1. The van der Waals surface area contributed by atoms with Crippen LogP contribution in [0.3, 0.4) is 0 Å². The minimum absolute atomic E-state index is 0.170. The summed E-state index contributed by atoms with van der Waals surface area (Å²) in [5.41, 5.74) is 5.20. The Morgan fingerprint density at radius 1 is 1.50 bits per heavy atom. The summed E-state index contributed by atoms with van der Waals surface area (Å²) in [6, 6.07) is 3.66. The number of nitro groups is 1. The van der Waals surface area contributed by atoms with Crippen LogP contribution in [0.4, 0.5) is 11.4 Å². The molecule has 0 amide bonds. The second kappa shape index (κ2) is 5.37. The Bertz CT molecular complexity index is 630. The molecule has 0 radical (unpaired) electrons. The zero-order chi connectivity index (χ0) is 14.9. The van der Waals surface area contributed by atoms with E-state index in [9.17, 15) is 18.5 Å². The van der Waals surface area contributed by atoms with Crippen molar-refractivity contribution < 1.29 is 13.3 Å². The van der Waals surface area contributed by atoms with Crippen LogP contribution in [-0.2, 0) is 10.0 Å². The van der Waals surface area contributed by atoms with E-state index >= 15 is 0 Å². The summed E-state index contributed by atoms with van der Waals surface area (Å²) in [4.78, 5) is 10.0. The Balaban J connectivity index is 2.42. The van der Waals surface area contributed by atoms with Crippen LogP contribution in [0.15, 0.2) is 23.1 Å². The molecular formula is C12H17N3O4S. The summed E-state index contributed by atoms with van der Waals surface area (Å²) in [7, 11) is -3.84. The van der Waals surface area contributed by atoms with E-state index in [4.69, 9.17) is 5.73 Å². The molecule has 0 aliphatic carbocycles. The Morgan fingerprint density at radius 2 is 2.20 bits per heavy atom. The predicted octanol–water partition coefficient (Wildman–Crippen LogP) is 1.60. The third kappa shape index (κ3) is 2.61. The third-order valence-electron chi connectivity index (χ3n) is 3.62. The van der Waals surface area contributed by atoms with E-state index in [0.717, 1.165) is 18.9 Å². The minimum atomic E-state index is -3.84. The molecule has 7 nitrogen and oxygen atoms in total. The van der Waals surface area contributed by atoms with Gasteiger partial charge in [-0.05, 0) is 24.5 Å². The standard InChI is InChI=1S/C12H17N3O4S/c1-2-9-5-6-14(8-9)20(18,19)12-4-3-10(13)7-11(12)15(16)17/h3-4,7,9H,2,5-6,8,13H2,1H3. The Hall–Kier alpha value is -1.67. The smallest absolute Gasteiger partial charge is 0.291 e. The quantitative estimate of drug-likeness (QED) is 0.516. The number of nitrogens with two attached hydrogens (primary N) is 1. The molecule has 0 aromatic heterocycles. The molecule has 0 bridgehead atoms. The maximum Gasteiger partial charge on any atom is 0.291 e. The molecule has 20 heavy (non-hydrogen) atoms. The van der Waals surface area contributed by atoms with Gasteiger partial charge in [0.15, 0.2) is 4.90 Å². The summed E-state index contributed by atoms with van der Waals surface area (Å²) in [6.07, 6.45) is 1.69. The van der Waals surface area contributed by atoms with E-state index in [-0.39, 0.29) is 10.6 Å². The first-order chi connectivity index (χ1) is 9.36. The number of benzene rings is 1. The van der Waals surface area contributed by atoms with Crippen molar-refractivity contribution in [1.29, 1.82) is 0 Å². The molecule has 1 aromatic carbocycles. The van der Waals surface area contributed by atoms with Crippen molar-refractivity contribution in [2.45, 2.75) is 24.7 Å². The lowest BCUT2D eigenvalue weighted by Crippen LogP contribution is -2.29. The van der Waals surface area contributed by atoms with Crippen molar-refractivity contribution in [3.8, 4) is 0 Å². The summed E-state index contributed by atoms with van der Waals surface area (Å²) >= 11 is 0. The number of nitro benzene ring substituents is 1. The molecule has 1 aromatic rings. The van der Waals surface area contributed by atoms with E-state index < -0.39 is 20.6 Å². The van der Waals surface area contributed by atoms with E-state index in [2.05, 4.69) is 0 Å². The molecule has 1 unspecified atom stereocenters. The van der Waals surface area contributed by atoms with Gasteiger partial charge < -0.3 is 5.73 Å². The molecule has 1 saturated heterocycles. The normalized spacial score (nSPS) is 20.1. The van der Waals surface area contributed by atoms with Crippen LogP contribution in [0.2, 0.25) is 0 Å². The van der Waals surface area contributed by atoms with Gasteiger partial charge in [-0.15, -0.1) is 0 Å². The summed E-state index contributed by atoms with van der Waals surface area (Å²) in [5, 5.41) is 11.0. The SMILES string of the molecule is CCC1CCN(S(=O)(=O)c2ccc(N)cc2[N+](=O)[O-])C1. The molecule has 1 fully saturated rings. The van der Waals surface area contributed by atoms with Crippen LogP contribution < -0.4 is 5.73 Å². The lowest BCUT2D eigenvalue weighted by atomic mass is 10.1.